The number of pyridine rings is 1. The number of amides is 1. The van der Waals surface area contributed by atoms with Gasteiger partial charge in [0.05, 0.1) is 17.9 Å². The van der Waals surface area contributed by atoms with Gasteiger partial charge in [0.25, 0.3) is 0 Å². The van der Waals surface area contributed by atoms with Crippen LogP contribution in [0.1, 0.15) is 12.6 Å². The molecular weight excluding hydrogens is 312 g/mol. The molecule has 0 spiro atoms. The maximum Gasteiger partial charge on any atom is 0.217 e. The minimum Gasteiger partial charge on any atom is -0.359 e. The molecule has 0 aliphatic heterocycles. The van der Waals surface area contributed by atoms with Crippen molar-refractivity contribution in [2.24, 2.45) is 4.99 Å². The Hall–Kier alpha value is -2.48. The van der Waals surface area contributed by atoms with E-state index in [-0.39, 0.29) is 5.91 Å². The minimum atomic E-state index is -0.0780. The summed E-state index contributed by atoms with van der Waals surface area (Å²) >= 11 is 1.45. The van der Waals surface area contributed by atoms with E-state index in [1.54, 1.807) is 0 Å². The number of rotatable bonds is 4. The lowest BCUT2D eigenvalue weighted by Gasteiger charge is -2.13. The molecular formula is C15H20N6OS. The largest absolute Gasteiger partial charge is 0.359 e. The summed E-state index contributed by atoms with van der Waals surface area (Å²) in [5.74, 6) is 0.657. The van der Waals surface area contributed by atoms with Crippen molar-refractivity contribution < 1.29 is 4.79 Å². The molecule has 23 heavy (non-hydrogen) atoms. The molecule has 0 saturated carbocycles. The number of aliphatic imine (C=N–C) groups is 1. The number of aromatic nitrogens is 2. The molecule has 0 fully saturated rings. The highest BCUT2D eigenvalue weighted by atomic mass is 32.1. The number of carbonyl (C=O) groups excluding carboxylic acids is 1. The van der Waals surface area contributed by atoms with Gasteiger partial charge < -0.3 is 15.5 Å². The molecule has 8 heteroatoms. The van der Waals surface area contributed by atoms with E-state index < -0.39 is 0 Å². The highest BCUT2D eigenvalue weighted by Crippen LogP contribution is 2.25. The zero-order chi connectivity index (χ0) is 16.8. The van der Waals surface area contributed by atoms with Gasteiger partial charge in [-0.2, -0.15) is 4.99 Å². The fraction of sp³-hybridized carbons (Fsp3) is 0.333. The Labute approximate surface area is 139 Å². The summed E-state index contributed by atoms with van der Waals surface area (Å²) in [6, 6.07) is 5.67. The quantitative estimate of drug-likeness (QED) is 0.656. The van der Waals surface area contributed by atoms with Crippen LogP contribution in [0.5, 0.6) is 0 Å². The van der Waals surface area contributed by atoms with Crippen molar-refractivity contribution in [1.29, 1.82) is 0 Å². The molecule has 2 heterocycles. The van der Waals surface area contributed by atoms with Crippen LogP contribution in [0.25, 0.3) is 11.4 Å². The highest BCUT2D eigenvalue weighted by Gasteiger charge is 2.08. The first kappa shape index (κ1) is 16.9. The summed E-state index contributed by atoms with van der Waals surface area (Å²) in [5, 5.41) is 8.34. The fourth-order valence-electron chi connectivity index (χ4n) is 1.84. The van der Waals surface area contributed by atoms with E-state index in [9.17, 15) is 4.79 Å². The van der Waals surface area contributed by atoms with E-state index >= 15 is 0 Å². The Kier molecular flexibility index (Phi) is 5.64. The van der Waals surface area contributed by atoms with Crippen molar-refractivity contribution in [1.82, 2.24) is 25.5 Å². The summed E-state index contributed by atoms with van der Waals surface area (Å²) in [7, 11) is 5.65. The molecule has 1 amide bonds. The number of nitrogens with zero attached hydrogens (tertiary/aromatic N) is 4. The lowest BCUT2D eigenvalue weighted by Crippen LogP contribution is -2.33. The van der Waals surface area contributed by atoms with Gasteiger partial charge in [-0.15, -0.1) is 11.3 Å². The van der Waals surface area contributed by atoms with Crippen LogP contribution in [0, 0.1) is 0 Å². The normalized spacial score (nSPS) is 11.2. The summed E-state index contributed by atoms with van der Waals surface area (Å²) in [6.45, 7) is 1.89. The molecule has 0 atom stereocenters. The molecule has 0 radical (unpaired) electrons. The second-order valence-electron chi connectivity index (χ2n) is 5.02. The smallest absolute Gasteiger partial charge is 0.217 e. The molecule has 0 unspecified atom stereocenters. The van der Waals surface area contributed by atoms with Crippen molar-refractivity contribution in [2.45, 2.75) is 13.5 Å². The van der Waals surface area contributed by atoms with E-state index in [1.165, 1.54) is 18.3 Å². The van der Waals surface area contributed by atoms with Gasteiger partial charge in [0, 0.05) is 33.4 Å². The Balaban J connectivity index is 2.20. The number of nitrogens with one attached hydrogen (secondary N) is 2. The standard InChI is InChI=1S/C15H20N6OS/c1-10(22)17-8-11-6-5-7-12(18-11)13-9-23-15(19-13)20-14(16-2)21(3)4/h5-7,9H,8H2,1-4H3,(H,17,22)(H,16,19,20). The summed E-state index contributed by atoms with van der Waals surface area (Å²) < 4.78 is 0. The first-order valence-corrected chi connectivity index (χ1v) is 7.97. The van der Waals surface area contributed by atoms with Crippen LogP contribution >= 0.6 is 11.3 Å². The van der Waals surface area contributed by atoms with E-state index in [2.05, 4.69) is 25.6 Å². The van der Waals surface area contributed by atoms with Gasteiger partial charge in [-0.05, 0) is 12.1 Å². The van der Waals surface area contributed by atoms with Crippen molar-refractivity contribution in [3.63, 3.8) is 0 Å². The summed E-state index contributed by atoms with van der Waals surface area (Å²) in [4.78, 5) is 26.3. The Bertz CT molecular complexity index is 709. The molecule has 0 saturated heterocycles. The van der Waals surface area contributed by atoms with Crippen LogP contribution in [-0.2, 0) is 11.3 Å². The van der Waals surface area contributed by atoms with Gasteiger partial charge in [0.1, 0.15) is 5.69 Å². The van der Waals surface area contributed by atoms with Gasteiger partial charge in [-0.3, -0.25) is 4.79 Å². The number of hydrogen-bond acceptors (Lipinski definition) is 5. The first-order valence-electron chi connectivity index (χ1n) is 7.09. The van der Waals surface area contributed by atoms with E-state index in [4.69, 9.17) is 0 Å². The Morgan fingerprint density at radius 1 is 1.30 bits per heavy atom. The monoisotopic (exact) mass is 332 g/mol. The Morgan fingerprint density at radius 3 is 2.74 bits per heavy atom. The average molecular weight is 332 g/mol. The second-order valence-corrected chi connectivity index (χ2v) is 5.86. The van der Waals surface area contributed by atoms with Gasteiger partial charge in [0.15, 0.2) is 0 Å². The fourth-order valence-corrected chi connectivity index (χ4v) is 2.52. The minimum absolute atomic E-state index is 0.0780. The predicted molar refractivity (Wildman–Crippen MR) is 92.7 cm³/mol. The molecule has 122 valence electrons. The molecule has 0 aromatic carbocycles. The van der Waals surface area contributed by atoms with Crippen molar-refractivity contribution in [3.8, 4) is 11.4 Å². The highest BCUT2D eigenvalue weighted by molar-refractivity contribution is 7.13. The van der Waals surface area contributed by atoms with Crippen LogP contribution in [0.3, 0.4) is 0 Å². The summed E-state index contributed by atoms with van der Waals surface area (Å²) in [5.41, 5.74) is 2.33. The zero-order valence-electron chi connectivity index (χ0n) is 13.6. The van der Waals surface area contributed by atoms with Gasteiger partial charge in [-0.25, -0.2) is 9.97 Å². The van der Waals surface area contributed by atoms with Gasteiger partial charge in [-0.1, -0.05) is 6.07 Å². The molecule has 0 aliphatic carbocycles. The molecule has 0 bridgehead atoms. The molecule has 2 rings (SSSR count). The third-order valence-corrected chi connectivity index (χ3v) is 3.66. The molecule has 2 aromatic rings. The average Bonchev–Trinajstić information content (AvgIpc) is 2.99. The van der Waals surface area contributed by atoms with E-state index in [1.807, 2.05) is 49.6 Å². The third-order valence-electron chi connectivity index (χ3n) is 2.93. The molecule has 0 aliphatic rings. The zero-order valence-corrected chi connectivity index (χ0v) is 14.4. The van der Waals surface area contributed by atoms with Gasteiger partial charge >= 0.3 is 0 Å². The molecule has 2 N–H and O–H groups in total. The predicted octanol–water partition coefficient (Wildman–Crippen LogP) is 1.61. The maximum atomic E-state index is 11.0. The van der Waals surface area contributed by atoms with Crippen molar-refractivity contribution in [2.75, 3.05) is 21.1 Å². The van der Waals surface area contributed by atoms with Crippen LogP contribution in [0.15, 0.2) is 28.6 Å². The van der Waals surface area contributed by atoms with Crippen molar-refractivity contribution in [3.05, 3.63) is 29.3 Å². The van der Waals surface area contributed by atoms with Crippen LogP contribution in [0.4, 0.5) is 5.13 Å². The molecule has 2 aromatic heterocycles. The maximum absolute atomic E-state index is 11.0. The topological polar surface area (TPSA) is 82.5 Å². The second kappa shape index (κ2) is 7.68. The third kappa shape index (κ3) is 4.75. The van der Waals surface area contributed by atoms with Crippen LogP contribution < -0.4 is 10.6 Å². The summed E-state index contributed by atoms with van der Waals surface area (Å²) in [6.07, 6.45) is 0. The van der Waals surface area contributed by atoms with E-state index in [0.29, 0.717) is 11.7 Å². The number of hydrogen-bond donors (Lipinski definition) is 2. The first-order chi connectivity index (χ1) is 11.0. The lowest BCUT2D eigenvalue weighted by molar-refractivity contribution is -0.119. The number of carbonyl (C=O) groups is 1. The van der Waals surface area contributed by atoms with Gasteiger partial charge in [0.2, 0.25) is 17.0 Å². The number of guanidine groups is 1. The SMILES string of the molecule is CN/C(=N/c1nc(-c2cccc(CNC(C)=O)n2)cs1)N(C)C. The van der Waals surface area contributed by atoms with Crippen molar-refractivity contribution >= 4 is 28.3 Å². The van der Waals surface area contributed by atoms with Crippen LogP contribution in [-0.4, -0.2) is 47.9 Å². The Morgan fingerprint density at radius 2 is 2.09 bits per heavy atom. The van der Waals surface area contributed by atoms with E-state index in [0.717, 1.165) is 23.0 Å². The number of thiazole rings is 1. The van der Waals surface area contributed by atoms with Crippen LogP contribution in [0.2, 0.25) is 0 Å². The lowest BCUT2D eigenvalue weighted by atomic mass is 10.2. The molecule has 7 nitrogen and oxygen atoms in total.